The number of nitrogens with zero attached hydrogens (tertiary/aromatic N) is 1. The number of hydrogen-bond donors (Lipinski definition) is 1. The van der Waals surface area contributed by atoms with Crippen LogP contribution < -0.4 is 0 Å². The van der Waals surface area contributed by atoms with E-state index in [0.717, 1.165) is 42.0 Å². The summed E-state index contributed by atoms with van der Waals surface area (Å²) in [6, 6.07) is 22.5. The Hall–Kier alpha value is -3.40. The van der Waals surface area contributed by atoms with Crippen LogP contribution in [-0.4, -0.2) is 27.7 Å². The van der Waals surface area contributed by atoms with Gasteiger partial charge in [-0.3, -0.25) is 9.59 Å². The lowest BCUT2D eigenvalue weighted by molar-refractivity contribution is -0.141. The Bertz CT molecular complexity index is 1160. The van der Waals surface area contributed by atoms with Crippen LogP contribution in [0, 0.1) is 0 Å². The zero-order chi connectivity index (χ0) is 20.7. The molecule has 1 N–H and O–H groups in total. The van der Waals surface area contributed by atoms with Crippen molar-refractivity contribution in [3.8, 4) is 0 Å². The van der Waals surface area contributed by atoms with Gasteiger partial charge in [-0.05, 0) is 35.2 Å². The molecule has 1 unspecified atom stereocenters. The first-order chi connectivity index (χ1) is 14.6. The molecule has 4 nitrogen and oxygen atoms in total. The molecule has 1 aliphatic heterocycles. The van der Waals surface area contributed by atoms with Gasteiger partial charge in [0.15, 0.2) is 0 Å². The summed E-state index contributed by atoms with van der Waals surface area (Å²) < 4.78 is 0. The molecule has 0 bridgehead atoms. The van der Waals surface area contributed by atoms with Crippen LogP contribution in [0.4, 0.5) is 0 Å². The fourth-order valence-electron chi connectivity index (χ4n) is 4.86. The molecule has 1 atom stereocenters. The minimum Gasteiger partial charge on any atom is -0.507 e. The minimum absolute atomic E-state index is 0.0357. The molecule has 0 radical (unpaired) electrons. The molecule has 2 fully saturated rings. The zero-order valence-electron chi connectivity index (χ0n) is 16.6. The van der Waals surface area contributed by atoms with Gasteiger partial charge in [-0.15, -0.1) is 0 Å². The van der Waals surface area contributed by atoms with Gasteiger partial charge in [-0.1, -0.05) is 79.6 Å². The maximum Gasteiger partial charge on any atom is 0.295 e. The minimum atomic E-state index is -0.596. The average Bonchev–Trinajstić information content (AvgIpc) is 3.40. The van der Waals surface area contributed by atoms with Crippen LogP contribution >= 0.6 is 0 Å². The van der Waals surface area contributed by atoms with Crippen molar-refractivity contribution < 1.29 is 14.7 Å². The van der Waals surface area contributed by atoms with Crippen molar-refractivity contribution >= 4 is 28.2 Å². The third-order valence-corrected chi connectivity index (χ3v) is 6.34. The van der Waals surface area contributed by atoms with E-state index >= 15 is 0 Å². The van der Waals surface area contributed by atoms with Gasteiger partial charge in [-0.2, -0.15) is 0 Å². The standard InChI is InChI=1S/C26H23NO3/c28-24(20-15-14-17-8-4-5-11-19(17)16-20)22-23(18-9-2-1-3-10-18)27(26(30)25(22)29)21-12-6-7-13-21/h1-5,8-11,14-16,21,23,28H,6-7,12-13H2/b24-22-. The first-order valence-corrected chi connectivity index (χ1v) is 10.5. The number of carbonyl (C=O) groups excluding carboxylic acids is 2. The number of benzene rings is 3. The SMILES string of the molecule is O=C1C(=O)N(C2CCCC2)C(c2ccccc2)/C1=C(/O)c1ccc2ccccc2c1. The molecule has 1 saturated carbocycles. The number of likely N-dealkylation sites (tertiary alicyclic amines) is 1. The van der Waals surface area contributed by atoms with Crippen LogP contribution in [0.2, 0.25) is 0 Å². The number of Topliss-reactive ketones (excluding diaryl/α,β-unsaturated/α-hetero) is 1. The number of amides is 1. The normalized spacial score (nSPS) is 21.6. The second kappa shape index (κ2) is 7.45. The van der Waals surface area contributed by atoms with Crippen molar-refractivity contribution in [1.82, 2.24) is 4.90 Å². The summed E-state index contributed by atoms with van der Waals surface area (Å²) in [5.74, 6) is -1.20. The van der Waals surface area contributed by atoms with Gasteiger partial charge in [0, 0.05) is 11.6 Å². The molecule has 30 heavy (non-hydrogen) atoms. The highest BCUT2D eigenvalue weighted by molar-refractivity contribution is 6.46. The molecule has 4 heteroatoms. The van der Waals surface area contributed by atoms with Crippen LogP contribution in [0.3, 0.4) is 0 Å². The molecule has 1 heterocycles. The van der Waals surface area contributed by atoms with Crippen LogP contribution in [0.15, 0.2) is 78.4 Å². The third kappa shape index (κ3) is 3.00. The van der Waals surface area contributed by atoms with Gasteiger partial charge >= 0.3 is 0 Å². The van der Waals surface area contributed by atoms with Crippen LogP contribution in [0.5, 0.6) is 0 Å². The van der Waals surface area contributed by atoms with E-state index in [1.807, 2.05) is 72.8 Å². The van der Waals surface area contributed by atoms with Gasteiger partial charge in [0.2, 0.25) is 0 Å². The molecule has 5 rings (SSSR count). The van der Waals surface area contributed by atoms with E-state index in [-0.39, 0.29) is 17.4 Å². The number of fused-ring (bicyclic) bond motifs is 1. The second-order valence-corrected chi connectivity index (χ2v) is 8.12. The summed E-state index contributed by atoms with van der Waals surface area (Å²) in [6.07, 6.45) is 3.90. The van der Waals surface area contributed by atoms with Gasteiger partial charge in [0.1, 0.15) is 5.76 Å². The number of rotatable bonds is 3. The van der Waals surface area contributed by atoms with E-state index < -0.39 is 17.7 Å². The van der Waals surface area contributed by atoms with E-state index in [2.05, 4.69) is 0 Å². The summed E-state index contributed by atoms with van der Waals surface area (Å²) in [5, 5.41) is 13.3. The Morgan fingerprint density at radius 3 is 2.23 bits per heavy atom. The van der Waals surface area contributed by atoms with Crippen molar-refractivity contribution in [3.05, 3.63) is 89.5 Å². The van der Waals surface area contributed by atoms with Gasteiger partial charge < -0.3 is 10.0 Å². The van der Waals surface area contributed by atoms with E-state index in [1.54, 1.807) is 4.90 Å². The lowest BCUT2D eigenvalue weighted by atomic mass is 9.94. The summed E-state index contributed by atoms with van der Waals surface area (Å²) in [4.78, 5) is 27.9. The Morgan fingerprint density at radius 2 is 1.50 bits per heavy atom. The number of aliphatic hydroxyl groups excluding tert-OH is 1. The Kier molecular flexibility index (Phi) is 4.62. The Balaban J connectivity index is 1.68. The van der Waals surface area contributed by atoms with Crippen molar-refractivity contribution in [2.24, 2.45) is 0 Å². The van der Waals surface area contributed by atoms with E-state index in [1.165, 1.54) is 0 Å². The van der Waals surface area contributed by atoms with Crippen molar-refractivity contribution in [3.63, 3.8) is 0 Å². The van der Waals surface area contributed by atoms with Crippen LogP contribution in [0.25, 0.3) is 16.5 Å². The lowest BCUT2D eigenvalue weighted by Crippen LogP contribution is -2.37. The monoisotopic (exact) mass is 397 g/mol. The summed E-state index contributed by atoms with van der Waals surface area (Å²) in [5.41, 5.74) is 1.60. The van der Waals surface area contributed by atoms with Gasteiger partial charge in [0.05, 0.1) is 11.6 Å². The van der Waals surface area contributed by atoms with Gasteiger partial charge in [0.25, 0.3) is 11.7 Å². The first kappa shape index (κ1) is 18.6. The molecule has 2 aliphatic rings. The average molecular weight is 397 g/mol. The van der Waals surface area contributed by atoms with E-state index in [4.69, 9.17) is 0 Å². The predicted molar refractivity (Wildman–Crippen MR) is 117 cm³/mol. The third-order valence-electron chi connectivity index (χ3n) is 6.34. The largest absolute Gasteiger partial charge is 0.507 e. The van der Waals surface area contributed by atoms with Crippen molar-refractivity contribution in [2.45, 2.75) is 37.8 Å². The fourth-order valence-corrected chi connectivity index (χ4v) is 4.86. The fraction of sp³-hybridized carbons (Fsp3) is 0.231. The maximum absolute atomic E-state index is 13.1. The topological polar surface area (TPSA) is 57.6 Å². The Morgan fingerprint density at radius 1 is 0.833 bits per heavy atom. The molecule has 150 valence electrons. The molecular formula is C26H23NO3. The van der Waals surface area contributed by atoms with Crippen LogP contribution in [-0.2, 0) is 9.59 Å². The predicted octanol–water partition coefficient (Wildman–Crippen LogP) is 5.20. The van der Waals surface area contributed by atoms with Crippen molar-refractivity contribution in [1.29, 1.82) is 0 Å². The molecule has 0 spiro atoms. The molecule has 1 saturated heterocycles. The molecule has 3 aromatic rings. The number of ketones is 1. The highest BCUT2D eigenvalue weighted by atomic mass is 16.3. The Labute approximate surface area is 175 Å². The smallest absolute Gasteiger partial charge is 0.295 e. The number of aliphatic hydroxyl groups is 1. The van der Waals surface area contributed by atoms with Crippen molar-refractivity contribution in [2.75, 3.05) is 0 Å². The molecule has 3 aromatic carbocycles. The summed E-state index contributed by atoms with van der Waals surface area (Å²) in [6.45, 7) is 0. The molecular weight excluding hydrogens is 374 g/mol. The maximum atomic E-state index is 13.1. The van der Waals surface area contributed by atoms with E-state index in [0.29, 0.717) is 5.56 Å². The molecule has 1 amide bonds. The first-order valence-electron chi connectivity index (χ1n) is 10.5. The highest BCUT2D eigenvalue weighted by Crippen LogP contribution is 2.43. The number of carbonyl (C=O) groups is 2. The molecule has 1 aliphatic carbocycles. The summed E-state index contributed by atoms with van der Waals surface area (Å²) >= 11 is 0. The molecule has 0 aromatic heterocycles. The summed E-state index contributed by atoms with van der Waals surface area (Å²) in [7, 11) is 0. The van der Waals surface area contributed by atoms with Crippen LogP contribution in [0.1, 0.15) is 42.9 Å². The van der Waals surface area contributed by atoms with Gasteiger partial charge in [-0.25, -0.2) is 0 Å². The lowest BCUT2D eigenvalue weighted by Gasteiger charge is -2.30. The number of hydrogen-bond acceptors (Lipinski definition) is 3. The second-order valence-electron chi connectivity index (χ2n) is 8.12. The highest BCUT2D eigenvalue weighted by Gasteiger charge is 2.49. The zero-order valence-corrected chi connectivity index (χ0v) is 16.6. The van der Waals surface area contributed by atoms with E-state index in [9.17, 15) is 14.7 Å². The quantitative estimate of drug-likeness (QED) is 0.375.